The summed E-state index contributed by atoms with van der Waals surface area (Å²) in [6.07, 6.45) is 1.20. The van der Waals surface area contributed by atoms with Crippen molar-refractivity contribution in [2.45, 2.75) is 25.9 Å². The van der Waals surface area contributed by atoms with Crippen LogP contribution in [-0.4, -0.2) is 21.8 Å². The summed E-state index contributed by atoms with van der Waals surface area (Å²) in [6, 6.07) is 11.8. The van der Waals surface area contributed by atoms with Gasteiger partial charge in [-0.3, -0.25) is 15.1 Å². The number of thioether (sulfide) groups is 1. The molecule has 4 rings (SSSR count). The van der Waals surface area contributed by atoms with Gasteiger partial charge in [-0.25, -0.2) is 9.40 Å². The molecule has 2 heterocycles. The van der Waals surface area contributed by atoms with Crippen molar-refractivity contribution >= 4 is 40.1 Å². The highest BCUT2D eigenvalue weighted by Gasteiger charge is 2.36. The van der Waals surface area contributed by atoms with Crippen LogP contribution in [0.1, 0.15) is 31.5 Å². The van der Waals surface area contributed by atoms with Gasteiger partial charge in [0.25, 0.3) is 5.91 Å². The predicted molar refractivity (Wildman–Crippen MR) is 110 cm³/mol. The lowest BCUT2D eigenvalue weighted by Crippen LogP contribution is -2.50. The second-order valence-electron chi connectivity index (χ2n) is 6.41. The molecule has 0 aliphatic carbocycles. The Hall–Kier alpha value is -2.38. The molecule has 1 unspecified atom stereocenters. The van der Waals surface area contributed by atoms with Crippen molar-refractivity contribution in [2.24, 2.45) is 10.1 Å². The van der Waals surface area contributed by atoms with Gasteiger partial charge in [0.1, 0.15) is 11.5 Å². The van der Waals surface area contributed by atoms with Gasteiger partial charge in [0.2, 0.25) is 0 Å². The normalized spacial score (nSPS) is 18.0. The quantitative estimate of drug-likeness (QED) is 0.779. The lowest BCUT2D eigenvalue weighted by atomic mass is 10.1. The van der Waals surface area contributed by atoms with Crippen molar-refractivity contribution in [3.63, 3.8) is 0 Å². The molecule has 0 spiro atoms. The molecule has 5 nitrogen and oxygen atoms in total. The van der Waals surface area contributed by atoms with Crippen molar-refractivity contribution in [3.05, 3.63) is 69.4 Å². The van der Waals surface area contributed by atoms with E-state index in [1.807, 2.05) is 18.2 Å². The summed E-state index contributed by atoms with van der Waals surface area (Å²) in [7, 11) is 0. The number of unbranched alkanes of at least 4 members (excludes halogenated alkanes) is 1. The smallest absolute Gasteiger partial charge is 0.276 e. The zero-order chi connectivity index (χ0) is 19.7. The molecule has 2 aliphatic heterocycles. The first-order chi connectivity index (χ1) is 13.6. The summed E-state index contributed by atoms with van der Waals surface area (Å²) < 4.78 is 14.7. The molecule has 0 bridgehead atoms. The average Bonchev–Trinajstić information content (AvgIpc) is 2.68. The minimum Gasteiger partial charge on any atom is -0.298 e. The first-order valence-electron chi connectivity index (χ1n) is 9.03. The minimum atomic E-state index is -0.855. The van der Waals surface area contributed by atoms with E-state index in [0.717, 1.165) is 18.6 Å². The summed E-state index contributed by atoms with van der Waals surface area (Å²) in [5.74, 6) is 0.0626. The van der Waals surface area contributed by atoms with E-state index in [-0.39, 0.29) is 16.5 Å². The molecule has 2 aromatic carbocycles. The van der Waals surface area contributed by atoms with Crippen LogP contribution < -0.4 is 15.9 Å². The molecule has 8 heteroatoms. The maximum absolute atomic E-state index is 14.7. The fourth-order valence-electron chi connectivity index (χ4n) is 3.15. The molecular weight excluding hydrogens is 399 g/mol. The molecule has 0 fully saturated rings. The second kappa shape index (κ2) is 7.93. The number of nitrogens with zero attached hydrogens (tertiary/aromatic N) is 3. The molecule has 2 aromatic rings. The lowest BCUT2D eigenvalue weighted by molar-refractivity contribution is -0.116. The zero-order valence-electron chi connectivity index (χ0n) is 15.2. The van der Waals surface area contributed by atoms with Gasteiger partial charge in [0.15, 0.2) is 11.3 Å². The van der Waals surface area contributed by atoms with E-state index < -0.39 is 12.0 Å². The number of rotatable bonds is 4. The highest BCUT2D eigenvalue weighted by atomic mass is 35.5. The fourth-order valence-corrected chi connectivity index (χ4v) is 4.35. The standard InChI is InChI=1S/C20H18ClFN4OS/c1-2-3-11-28-20-24-19(27)17-12-7-4-5-10-15(12)23-18(26(17)25-20)16-13(21)8-6-9-14(16)22/h4-10,18H,2-3,11H2,1H3,(H,24,25,27). The number of amides is 1. The number of carbonyl (C=O) groups is 1. The van der Waals surface area contributed by atoms with E-state index in [2.05, 4.69) is 22.3 Å². The Morgan fingerprint density at radius 3 is 2.86 bits per heavy atom. The molecule has 28 heavy (non-hydrogen) atoms. The SMILES string of the molecule is CCCCSC1=NN2C(=c3ccccc3=NC2c2c(F)cccc2Cl)C(=O)N1. The van der Waals surface area contributed by atoms with Crippen molar-refractivity contribution in [2.75, 3.05) is 5.75 Å². The third kappa shape index (κ3) is 3.40. The van der Waals surface area contributed by atoms with E-state index in [4.69, 9.17) is 11.6 Å². The van der Waals surface area contributed by atoms with Crippen LogP contribution in [0.2, 0.25) is 5.02 Å². The van der Waals surface area contributed by atoms with Gasteiger partial charge in [0, 0.05) is 11.0 Å². The topological polar surface area (TPSA) is 57.1 Å². The molecule has 0 aromatic heterocycles. The van der Waals surface area contributed by atoms with Crippen LogP contribution >= 0.6 is 23.4 Å². The van der Waals surface area contributed by atoms with Crippen LogP contribution in [0.15, 0.2) is 52.6 Å². The number of fused-ring (bicyclic) bond motifs is 2. The third-order valence-electron chi connectivity index (χ3n) is 4.51. The Morgan fingerprint density at radius 1 is 1.25 bits per heavy atom. The second-order valence-corrected chi connectivity index (χ2v) is 7.90. The highest BCUT2D eigenvalue weighted by molar-refractivity contribution is 8.13. The number of carbonyl (C=O) groups excluding carboxylic acids is 1. The Labute approximate surface area is 171 Å². The maximum Gasteiger partial charge on any atom is 0.276 e. The van der Waals surface area contributed by atoms with Crippen LogP contribution in [0, 0.1) is 5.82 Å². The number of hydrogen-bond donors (Lipinski definition) is 1. The number of para-hydroxylation sites is 1. The predicted octanol–water partition coefficient (Wildman–Crippen LogP) is 3.16. The Balaban J connectivity index is 1.89. The molecule has 144 valence electrons. The van der Waals surface area contributed by atoms with Gasteiger partial charge in [-0.2, -0.15) is 0 Å². The van der Waals surface area contributed by atoms with Gasteiger partial charge >= 0.3 is 0 Å². The number of hydrazone groups is 1. The van der Waals surface area contributed by atoms with Crippen molar-refractivity contribution < 1.29 is 9.18 Å². The van der Waals surface area contributed by atoms with Gasteiger partial charge in [0.05, 0.1) is 15.9 Å². The molecular formula is C20H18ClFN4OS. The molecule has 2 aliphatic rings. The number of nitrogens with one attached hydrogen (secondary N) is 1. The van der Waals surface area contributed by atoms with E-state index >= 15 is 0 Å². The third-order valence-corrected chi connectivity index (χ3v) is 5.79. The first kappa shape index (κ1) is 19.0. The van der Waals surface area contributed by atoms with Gasteiger partial charge in [-0.1, -0.05) is 61.0 Å². The van der Waals surface area contributed by atoms with E-state index in [1.165, 1.54) is 22.8 Å². The lowest BCUT2D eigenvalue weighted by Gasteiger charge is -2.34. The monoisotopic (exact) mass is 416 g/mol. The molecule has 0 radical (unpaired) electrons. The summed E-state index contributed by atoms with van der Waals surface area (Å²) in [4.78, 5) is 17.6. The summed E-state index contributed by atoms with van der Waals surface area (Å²) in [5, 5.41) is 10.9. The van der Waals surface area contributed by atoms with Gasteiger partial charge < -0.3 is 0 Å². The summed E-state index contributed by atoms with van der Waals surface area (Å²) in [5.41, 5.74) is 0.544. The van der Waals surface area contributed by atoms with Crippen molar-refractivity contribution in [1.29, 1.82) is 0 Å². The number of hydrogen-bond acceptors (Lipinski definition) is 5. The maximum atomic E-state index is 14.7. The Kier molecular flexibility index (Phi) is 5.37. The number of amidine groups is 1. The van der Waals surface area contributed by atoms with Crippen molar-refractivity contribution in [1.82, 2.24) is 10.3 Å². The fraction of sp³-hybridized carbons (Fsp3) is 0.250. The highest BCUT2D eigenvalue weighted by Crippen LogP contribution is 2.35. The van der Waals surface area contributed by atoms with Crippen molar-refractivity contribution in [3.8, 4) is 0 Å². The Morgan fingerprint density at radius 2 is 2.07 bits per heavy atom. The van der Waals surface area contributed by atoms with Crippen LogP contribution in [-0.2, 0) is 4.79 Å². The van der Waals surface area contributed by atoms with E-state index in [0.29, 0.717) is 21.4 Å². The molecule has 1 amide bonds. The van der Waals surface area contributed by atoms with E-state index in [1.54, 1.807) is 18.2 Å². The average molecular weight is 417 g/mol. The zero-order valence-corrected chi connectivity index (χ0v) is 16.7. The number of benzene rings is 2. The number of halogens is 2. The first-order valence-corrected chi connectivity index (χ1v) is 10.4. The van der Waals surface area contributed by atoms with E-state index in [9.17, 15) is 9.18 Å². The summed E-state index contributed by atoms with van der Waals surface area (Å²) in [6.45, 7) is 2.10. The Bertz CT molecular complexity index is 1070. The van der Waals surface area contributed by atoms with Gasteiger partial charge in [-0.05, 0) is 24.6 Å². The van der Waals surface area contributed by atoms with Crippen LogP contribution in [0.25, 0.3) is 5.70 Å². The van der Waals surface area contributed by atoms with Gasteiger partial charge in [-0.15, -0.1) is 5.10 Å². The minimum absolute atomic E-state index is 0.201. The van der Waals surface area contributed by atoms with Crippen LogP contribution in [0.3, 0.4) is 0 Å². The van der Waals surface area contributed by atoms with Crippen LogP contribution in [0.4, 0.5) is 4.39 Å². The largest absolute Gasteiger partial charge is 0.298 e. The summed E-state index contributed by atoms with van der Waals surface area (Å²) >= 11 is 7.77. The molecule has 0 saturated carbocycles. The molecule has 0 saturated heterocycles. The molecule has 1 atom stereocenters. The van der Waals surface area contributed by atoms with Crippen LogP contribution in [0.5, 0.6) is 0 Å². The molecule has 1 N–H and O–H groups in total.